The van der Waals surface area contributed by atoms with Crippen LogP contribution in [0.2, 0.25) is 0 Å². The van der Waals surface area contributed by atoms with Gasteiger partial charge in [-0.1, -0.05) is 24.4 Å². The smallest absolute Gasteiger partial charge is 0.248 e. The van der Waals surface area contributed by atoms with Gasteiger partial charge >= 0.3 is 0 Å². The first-order valence-corrected chi connectivity index (χ1v) is 9.07. The lowest BCUT2D eigenvalue weighted by atomic mass is 9.79. The highest BCUT2D eigenvalue weighted by Crippen LogP contribution is 2.32. The first kappa shape index (κ1) is 17.4. The number of carbonyl (C=O) groups is 1. The van der Waals surface area contributed by atoms with Crippen molar-refractivity contribution in [1.29, 1.82) is 0 Å². The molecule has 0 radical (unpaired) electrons. The van der Waals surface area contributed by atoms with E-state index < -0.39 is 5.41 Å². The van der Waals surface area contributed by atoms with Crippen LogP contribution in [0.4, 0.5) is 0 Å². The highest BCUT2D eigenvalue weighted by atomic mass is 16.5. The molecule has 1 saturated carbocycles. The molecule has 24 heavy (non-hydrogen) atoms. The second kappa shape index (κ2) is 7.61. The Morgan fingerprint density at radius 2 is 2.04 bits per heavy atom. The Kier molecular flexibility index (Phi) is 5.50. The van der Waals surface area contributed by atoms with Crippen molar-refractivity contribution in [2.45, 2.75) is 63.8 Å². The van der Waals surface area contributed by atoms with Crippen molar-refractivity contribution in [3.8, 4) is 0 Å². The topological polar surface area (TPSA) is 103 Å². The molecule has 1 aromatic rings. The van der Waals surface area contributed by atoms with Crippen LogP contribution in [0.5, 0.6) is 0 Å². The SMILES string of the molecule is CC(NC(=O)C1(CN)CCOCC1)c1nc(C2CCCCC2)no1. The van der Waals surface area contributed by atoms with Gasteiger partial charge in [0.25, 0.3) is 0 Å². The van der Waals surface area contributed by atoms with Crippen molar-refractivity contribution in [3.05, 3.63) is 11.7 Å². The van der Waals surface area contributed by atoms with Crippen LogP contribution in [0, 0.1) is 5.41 Å². The van der Waals surface area contributed by atoms with E-state index in [1.54, 1.807) is 0 Å². The first-order valence-electron chi connectivity index (χ1n) is 9.07. The highest BCUT2D eigenvalue weighted by molar-refractivity contribution is 5.83. The van der Waals surface area contributed by atoms with E-state index in [4.69, 9.17) is 15.0 Å². The van der Waals surface area contributed by atoms with Crippen LogP contribution < -0.4 is 11.1 Å². The van der Waals surface area contributed by atoms with Crippen LogP contribution >= 0.6 is 0 Å². The van der Waals surface area contributed by atoms with Crippen LogP contribution in [0.3, 0.4) is 0 Å². The quantitative estimate of drug-likeness (QED) is 0.853. The van der Waals surface area contributed by atoms with Crippen LogP contribution in [-0.4, -0.2) is 35.8 Å². The van der Waals surface area contributed by atoms with E-state index in [1.165, 1.54) is 19.3 Å². The number of aromatic nitrogens is 2. The van der Waals surface area contributed by atoms with Gasteiger partial charge in [0.15, 0.2) is 5.82 Å². The molecule has 7 heteroatoms. The van der Waals surface area contributed by atoms with Gasteiger partial charge < -0.3 is 20.3 Å². The molecule has 1 saturated heterocycles. The van der Waals surface area contributed by atoms with Crippen LogP contribution in [0.15, 0.2) is 4.52 Å². The van der Waals surface area contributed by atoms with E-state index >= 15 is 0 Å². The van der Waals surface area contributed by atoms with Crippen molar-refractivity contribution in [1.82, 2.24) is 15.5 Å². The molecule has 1 amide bonds. The third kappa shape index (κ3) is 3.62. The van der Waals surface area contributed by atoms with E-state index in [9.17, 15) is 4.79 Å². The summed E-state index contributed by atoms with van der Waals surface area (Å²) < 4.78 is 10.8. The van der Waals surface area contributed by atoms with Crippen molar-refractivity contribution >= 4 is 5.91 Å². The maximum Gasteiger partial charge on any atom is 0.248 e. The zero-order valence-electron chi connectivity index (χ0n) is 14.4. The van der Waals surface area contributed by atoms with Crippen molar-refractivity contribution in [3.63, 3.8) is 0 Å². The summed E-state index contributed by atoms with van der Waals surface area (Å²) in [5.74, 6) is 1.61. The van der Waals surface area contributed by atoms with Crippen LogP contribution in [0.25, 0.3) is 0 Å². The summed E-state index contributed by atoms with van der Waals surface area (Å²) >= 11 is 0. The molecule has 0 aromatic carbocycles. The molecule has 1 atom stereocenters. The molecule has 2 fully saturated rings. The zero-order valence-corrected chi connectivity index (χ0v) is 14.4. The number of hydrogen-bond donors (Lipinski definition) is 2. The maximum absolute atomic E-state index is 12.7. The van der Waals surface area contributed by atoms with Crippen molar-refractivity contribution in [2.75, 3.05) is 19.8 Å². The van der Waals surface area contributed by atoms with Gasteiger partial charge in [-0.05, 0) is 32.6 Å². The minimum absolute atomic E-state index is 0.0433. The number of rotatable bonds is 5. The lowest BCUT2D eigenvalue weighted by molar-refractivity contribution is -0.136. The standard InChI is InChI=1S/C17H28N4O3/c1-12(19-16(22)17(11-18)7-9-23-10-8-17)15-20-14(21-24-15)13-5-3-2-4-6-13/h12-13H,2-11,18H2,1H3,(H,19,22). The summed E-state index contributed by atoms with van der Waals surface area (Å²) in [6, 6.07) is -0.311. The largest absolute Gasteiger partial charge is 0.381 e. The predicted molar refractivity (Wildman–Crippen MR) is 88.2 cm³/mol. The number of nitrogens with two attached hydrogens (primary N) is 1. The lowest BCUT2D eigenvalue weighted by Crippen LogP contribution is -2.49. The Morgan fingerprint density at radius 3 is 2.71 bits per heavy atom. The average Bonchev–Trinajstić information content (AvgIpc) is 3.13. The molecular formula is C17H28N4O3. The van der Waals surface area contributed by atoms with Crippen LogP contribution in [-0.2, 0) is 9.53 Å². The molecule has 1 unspecified atom stereocenters. The molecule has 3 rings (SSSR count). The molecule has 134 valence electrons. The molecule has 0 bridgehead atoms. The van der Waals surface area contributed by atoms with Crippen LogP contribution in [0.1, 0.15) is 75.5 Å². The second-order valence-corrected chi connectivity index (χ2v) is 7.12. The van der Waals surface area contributed by atoms with Gasteiger partial charge in [0.1, 0.15) is 6.04 Å². The Labute approximate surface area is 142 Å². The molecule has 7 nitrogen and oxygen atoms in total. The first-order chi connectivity index (χ1) is 11.6. The number of ether oxygens (including phenoxy) is 1. The second-order valence-electron chi connectivity index (χ2n) is 7.12. The maximum atomic E-state index is 12.7. The summed E-state index contributed by atoms with van der Waals surface area (Å²) in [4.78, 5) is 17.2. The molecule has 3 N–H and O–H groups in total. The number of hydrogen-bond acceptors (Lipinski definition) is 6. The number of nitrogens with zero attached hydrogens (tertiary/aromatic N) is 2. The van der Waals surface area contributed by atoms with Gasteiger partial charge in [-0.2, -0.15) is 4.98 Å². The third-order valence-corrected chi connectivity index (χ3v) is 5.47. The van der Waals surface area contributed by atoms with E-state index in [2.05, 4.69) is 15.5 Å². The summed E-state index contributed by atoms with van der Waals surface area (Å²) in [7, 11) is 0. The highest BCUT2D eigenvalue weighted by Gasteiger charge is 2.39. The van der Waals surface area contributed by atoms with Gasteiger partial charge in [-0.3, -0.25) is 4.79 Å². The number of carbonyl (C=O) groups excluding carboxylic acids is 1. The Bertz CT molecular complexity index is 548. The van der Waals surface area contributed by atoms with Crippen molar-refractivity contribution < 1.29 is 14.1 Å². The lowest BCUT2D eigenvalue weighted by Gasteiger charge is -2.35. The molecular weight excluding hydrogens is 308 g/mol. The van der Waals surface area contributed by atoms with Gasteiger partial charge in [0, 0.05) is 25.7 Å². The fraction of sp³-hybridized carbons (Fsp3) is 0.824. The average molecular weight is 336 g/mol. The normalized spacial score (nSPS) is 22.9. The van der Waals surface area contributed by atoms with Gasteiger partial charge in [0.05, 0.1) is 5.41 Å². The minimum Gasteiger partial charge on any atom is -0.381 e. The van der Waals surface area contributed by atoms with E-state index in [1.807, 2.05) is 6.92 Å². The zero-order chi connectivity index (χ0) is 17.0. The Balaban J connectivity index is 1.62. The van der Waals surface area contributed by atoms with E-state index in [-0.39, 0.29) is 11.9 Å². The summed E-state index contributed by atoms with van der Waals surface area (Å²) in [6.07, 6.45) is 7.28. The molecule has 2 heterocycles. The summed E-state index contributed by atoms with van der Waals surface area (Å²) in [5.41, 5.74) is 5.34. The fourth-order valence-corrected chi connectivity index (χ4v) is 3.65. The molecule has 1 aromatic heterocycles. The van der Waals surface area contributed by atoms with Gasteiger partial charge in [-0.15, -0.1) is 0 Å². The number of nitrogens with one attached hydrogen (secondary N) is 1. The number of amides is 1. The summed E-state index contributed by atoms with van der Waals surface area (Å²) in [5, 5.41) is 7.14. The fourth-order valence-electron chi connectivity index (χ4n) is 3.65. The molecule has 1 aliphatic heterocycles. The Morgan fingerprint density at radius 1 is 1.33 bits per heavy atom. The molecule has 2 aliphatic rings. The molecule has 1 aliphatic carbocycles. The van der Waals surface area contributed by atoms with Crippen molar-refractivity contribution in [2.24, 2.45) is 11.1 Å². The van der Waals surface area contributed by atoms with E-state index in [0.29, 0.717) is 44.4 Å². The molecule has 0 spiro atoms. The summed E-state index contributed by atoms with van der Waals surface area (Å²) in [6.45, 7) is 3.35. The van der Waals surface area contributed by atoms with Gasteiger partial charge in [0.2, 0.25) is 11.8 Å². The Hall–Kier alpha value is -1.47. The predicted octanol–water partition coefficient (Wildman–Crippen LogP) is 2.05. The third-order valence-electron chi connectivity index (χ3n) is 5.47. The van der Waals surface area contributed by atoms with Gasteiger partial charge in [-0.25, -0.2) is 0 Å². The van der Waals surface area contributed by atoms with E-state index in [0.717, 1.165) is 18.7 Å². The minimum atomic E-state index is -0.543. The monoisotopic (exact) mass is 336 g/mol.